The van der Waals surface area contributed by atoms with Gasteiger partial charge in [0.15, 0.2) is 31.7 Å². The molecule has 53 heavy (non-hydrogen) atoms. The number of halogens is 1. The third kappa shape index (κ3) is 5.10. The second-order valence-corrected chi connectivity index (χ2v) is 21.3. The lowest BCUT2D eigenvalue weighted by molar-refractivity contribution is -0.0000147. The monoisotopic (exact) mass is 752 g/mol. The molecule has 0 amide bonds. The maximum atomic E-state index is 14.1. The fraction of sp³-hybridized carbons (Fsp3) is 0.179. The Morgan fingerprint density at radius 3 is 1.42 bits per heavy atom. The van der Waals surface area contributed by atoms with Gasteiger partial charge in [-0.2, -0.15) is 0 Å². The van der Waals surface area contributed by atoms with Crippen molar-refractivity contribution < 1.29 is 21.3 Å². The molecule has 0 spiro atoms. The first-order valence-corrected chi connectivity index (χ1v) is 22.4. The molecule has 0 fully saturated rings. The van der Waals surface area contributed by atoms with Crippen LogP contribution in [-0.2, 0) is 4.12 Å². The van der Waals surface area contributed by atoms with Gasteiger partial charge in [0, 0.05) is 43.8 Å². The molecule has 0 radical (unpaired) electrons. The van der Waals surface area contributed by atoms with Crippen LogP contribution in [0, 0.1) is 0 Å². The van der Waals surface area contributed by atoms with Crippen LogP contribution >= 0.6 is 0 Å². The zero-order valence-electron chi connectivity index (χ0n) is 29.6. The lowest BCUT2D eigenvalue weighted by Crippen LogP contribution is -3.00. The van der Waals surface area contributed by atoms with Crippen molar-refractivity contribution in [3.63, 3.8) is 0 Å². The lowest BCUT2D eigenvalue weighted by Gasteiger charge is -2.36. The first kappa shape index (κ1) is 33.7. The molecule has 11 nitrogen and oxygen atoms in total. The number of benzene rings is 4. The largest absolute Gasteiger partial charge is 1.00 e. The number of rotatable bonds is 6. The second-order valence-electron chi connectivity index (χ2n) is 14.5. The van der Waals surface area contributed by atoms with Crippen molar-refractivity contribution in [3.8, 4) is 0 Å². The average molecular weight is 753 g/mol. The van der Waals surface area contributed by atoms with Gasteiger partial charge in [0.1, 0.15) is 22.6 Å². The topological polar surface area (TPSA) is 117 Å². The average Bonchev–Trinajstić information content (AvgIpc) is 3.84. The highest BCUT2D eigenvalue weighted by atomic mass is 35.5. The third-order valence-electron chi connectivity index (χ3n) is 10.1. The molecule has 1 atom stereocenters. The highest BCUT2D eigenvalue weighted by Gasteiger charge is 2.52. The summed E-state index contributed by atoms with van der Waals surface area (Å²) in [5.74, 6) is 3.11. The van der Waals surface area contributed by atoms with E-state index < -0.39 is 17.2 Å². The number of hydrogen-bond donors (Lipinski definition) is 1. The van der Waals surface area contributed by atoms with Gasteiger partial charge < -0.3 is 26.2 Å². The standard InChI is InChI=1S/C39H35N9O2Si2.ClH/c1-46(2)22-13-23-51(3,4)50-52(49)47-36-28-18-9-10-19-29(28)38(47)44-34-26-16-7-8-17-27(26)35(41-34)45-39-31-21-12-11-20-30(31)37(48(39)52)43-33-25-15-6-5-14-24(25)32(40-33)42-36;/h5-12,14-21,49H,13,22-23H2,1-4H3;1H/p-1. The number of aromatic nitrogens is 2. The molecule has 14 heteroatoms. The van der Waals surface area contributed by atoms with Crippen molar-refractivity contribution in [2.75, 3.05) is 20.6 Å². The van der Waals surface area contributed by atoms with Gasteiger partial charge in [-0.25, -0.2) is 30.0 Å². The van der Waals surface area contributed by atoms with E-state index in [-0.39, 0.29) is 12.4 Å². The van der Waals surface area contributed by atoms with E-state index in [9.17, 15) is 4.80 Å². The molecule has 6 aromatic rings. The maximum Gasteiger partial charge on any atom is 0.589 e. The molecule has 2 aromatic heterocycles. The molecule has 6 heterocycles. The van der Waals surface area contributed by atoms with E-state index in [1.54, 1.807) is 0 Å². The van der Waals surface area contributed by atoms with E-state index in [1.807, 2.05) is 106 Å². The summed E-state index contributed by atoms with van der Waals surface area (Å²) in [5, 5.41) is 3.28. The van der Waals surface area contributed by atoms with Crippen molar-refractivity contribution in [2.24, 2.45) is 30.0 Å². The van der Waals surface area contributed by atoms with Crippen LogP contribution in [0.5, 0.6) is 0 Å². The molecule has 0 aliphatic carbocycles. The molecule has 1 unspecified atom stereocenters. The lowest BCUT2D eigenvalue weighted by atomic mass is 10.1. The van der Waals surface area contributed by atoms with E-state index in [2.05, 4.69) is 32.1 Å². The highest BCUT2D eigenvalue weighted by molar-refractivity contribution is 6.82. The van der Waals surface area contributed by atoms with Crippen LogP contribution in [0.15, 0.2) is 127 Å². The maximum absolute atomic E-state index is 14.1. The number of fused-ring (bicyclic) bond motifs is 14. The predicted molar refractivity (Wildman–Crippen MR) is 210 cm³/mol. The van der Waals surface area contributed by atoms with Gasteiger partial charge in [0.2, 0.25) is 0 Å². The number of amidine groups is 4. The van der Waals surface area contributed by atoms with E-state index in [1.165, 1.54) is 0 Å². The summed E-state index contributed by atoms with van der Waals surface area (Å²) in [6.45, 7) is 5.28. The fourth-order valence-corrected chi connectivity index (χ4v) is 14.9. The van der Waals surface area contributed by atoms with Crippen LogP contribution in [-0.4, -0.2) is 79.3 Å². The van der Waals surface area contributed by atoms with Crippen molar-refractivity contribution in [1.29, 1.82) is 0 Å². The van der Waals surface area contributed by atoms with Gasteiger partial charge in [-0.1, -0.05) is 97.1 Å². The molecule has 6 bridgehead atoms. The number of nitrogens with zero attached hydrogens (tertiary/aromatic N) is 9. The Hall–Kier alpha value is -5.16. The summed E-state index contributed by atoms with van der Waals surface area (Å²) in [6.07, 6.45) is 0.926. The minimum absolute atomic E-state index is 0. The van der Waals surface area contributed by atoms with Crippen molar-refractivity contribution in [1.82, 2.24) is 13.4 Å². The second kappa shape index (κ2) is 12.2. The minimum Gasteiger partial charge on any atom is -1.00 e. The molecule has 1 N–H and O–H groups in total. The van der Waals surface area contributed by atoms with Crippen molar-refractivity contribution in [2.45, 2.75) is 25.6 Å². The highest BCUT2D eigenvalue weighted by Crippen LogP contribution is 2.43. The zero-order valence-corrected chi connectivity index (χ0v) is 32.4. The molecule has 4 aromatic carbocycles. The minimum atomic E-state index is -4.51. The van der Waals surface area contributed by atoms with Crippen molar-refractivity contribution >= 4 is 73.7 Å². The first-order valence-electron chi connectivity index (χ1n) is 17.5. The van der Waals surface area contributed by atoms with E-state index in [4.69, 9.17) is 34.1 Å². The summed E-state index contributed by atoms with van der Waals surface area (Å²) in [7, 11) is -3.00. The van der Waals surface area contributed by atoms with Gasteiger partial charge in [-0.3, -0.25) is 8.47 Å². The number of hydrogen-bond acceptors (Lipinski definition) is 9. The van der Waals surface area contributed by atoms with E-state index in [0.717, 1.165) is 62.8 Å². The van der Waals surface area contributed by atoms with Crippen LogP contribution in [0.2, 0.25) is 19.1 Å². The number of aliphatic imine (C=N–C) groups is 4. The van der Waals surface area contributed by atoms with Gasteiger partial charge in [0.05, 0.1) is 0 Å². The van der Waals surface area contributed by atoms with E-state index >= 15 is 0 Å². The first-order chi connectivity index (χ1) is 25.2. The van der Waals surface area contributed by atoms with Gasteiger partial charge in [0.25, 0.3) is 0 Å². The Labute approximate surface area is 313 Å². The van der Waals surface area contributed by atoms with E-state index in [0.29, 0.717) is 46.0 Å². The Morgan fingerprint density at radius 2 is 0.981 bits per heavy atom. The molecular formula is C39H35ClN9O2Si2-. The zero-order chi connectivity index (χ0) is 35.4. The van der Waals surface area contributed by atoms with Crippen LogP contribution in [0.4, 0.5) is 11.6 Å². The molecule has 4 aliphatic heterocycles. The molecule has 4 aliphatic rings. The Morgan fingerprint density at radius 1 is 0.585 bits per heavy atom. The summed E-state index contributed by atoms with van der Waals surface area (Å²) in [4.78, 5) is 47.8. The summed E-state index contributed by atoms with van der Waals surface area (Å²) in [5.41, 5.74) is 4.51. The fourth-order valence-electron chi connectivity index (χ4n) is 7.79. The molecule has 264 valence electrons. The van der Waals surface area contributed by atoms with Crippen molar-refractivity contribution in [3.05, 3.63) is 130 Å². The van der Waals surface area contributed by atoms with Gasteiger partial charge in [-0.15, -0.1) is 0 Å². The Bertz CT molecular complexity index is 2630. The van der Waals surface area contributed by atoms with Crippen LogP contribution in [0.1, 0.15) is 28.7 Å². The predicted octanol–water partition coefficient (Wildman–Crippen LogP) is 2.54. The molecular weight excluding hydrogens is 718 g/mol. The third-order valence-corrected chi connectivity index (χ3v) is 17.0. The molecule has 10 rings (SSSR count). The quantitative estimate of drug-likeness (QED) is 0.264. The molecule has 0 saturated heterocycles. The summed E-state index contributed by atoms with van der Waals surface area (Å²) >= 11 is 0. The van der Waals surface area contributed by atoms with Gasteiger partial charge in [-0.05, 0) is 46.2 Å². The van der Waals surface area contributed by atoms with Crippen LogP contribution < -0.4 is 23.4 Å². The molecule has 0 saturated carbocycles. The normalized spacial score (nSPS) is 17.9. The van der Waals surface area contributed by atoms with Crippen LogP contribution in [0.25, 0.3) is 21.5 Å². The smallest absolute Gasteiger partial charge is 0.589 e. The SMILES string of the molecule is CN(C)CCC[Si](C)(C)O[Si]1(O)n2c3c4ccccc4c2N=C2N=C(N=c4c5ccccc5c(n41)=NC1=NC(=N3)c3ccccc31)c1ccccc12.[Cl-]. The van der Waals surface area contributed by atoms with Gasteiger partial charge >= 0.3 is 8.88 Å². The summed E-state index contributed by atoms with van der Waals surface area (Å²) in [6, 6.07) is 32.9. The summed E-state index contributed by atoms with van der Waals surface area (Å²) < 4.78 is 11.2. The Balaban J connectivity index is 0.00000372. The van der Waals surface area contributed by atoms with Crippen LogP contribution in [0.3, 0.4) is 0 Å². The Kier molecular flexibility index (Phi) is 7.75.